The molecule has 0 bridgehead atoms. The molecule has 0 N–H and O–H groups in total. The maximum absolute atomic E-state index is 5.69. The lowest BCUT2D eigenvalue weighted by Crippen LogP contribution is -2.32. The molecule has 5 rings (SSSR count). The molecule has 10 heteroatoms. The average molecular weight is 552 g/mol. The molecular weight excluding hydrogens is 518 g/mol. The molecule has 0 saturated heterocycles. The first-order valence-corrected chi connectivity index (χ1v) is 13.4. The number of rotatable bonds is 8. The molecule has 9 nitrogen and oxygen atoms in total. The lowest BCUT2D eigenvalue weighted by atomic mass is 9.83. The van der Waals surface area contributed by atoms with Gasteiger partial charge in [0.1, 0.15) is 6.04 Å². The van der Waals surface area contributed by atoms with Crippen LogP contribution in [0.4, 0.5) is 0 Å². The Balaban J connectivity index is 1.67. The van der Waals surface area contributed by atoms with Crippen molar-refractivity contribution < 1.29 is 28.4 Å². The van der Waals surface area contributed by atoms with Crippen LogP contribution in [0.25, 0.3) is 6.08 Å². The molecule has 39 heavy (non-hydrogen) atoms. The van der Waals surface area contributed by atoms with Crippen molar-refractivity contribution in [1.29, 1.82) is 0 Å². The van der Waals surface area contributed by atoms with Gasteiger partial charge in [0.2, 0.25) is 11.5 Å². The number of nitrogens with zero attached hydrogens (tertiary/aromatic N) is 3. The van der Waals surface area contributed by atoms with Gasteiger partial charge in [0.05, 0.1) is 53.4 Å². The van der Waals surface area contributed by atoms with Crippen LogP contribution in [0.5, 0.6) is 34.5 Å². The summed E-state index contributed by atoms with van der Waals surface area (Å²) in [5.74, 6) is 3.56. The van der Waals surface area contributed by atoms with E-state index >= 15 is 0 Å². The number of benzene rings is 2. The van der Waals surface area contributed by atoms with E-state index in [0.29, 0.717) is 34.5 Å². The predicted molar refractivity (Wildman–Crippen MR) is 154 cm³/mol. The highest BCUT2D eigenvalue weighted by Crippen LogP contribution is 2.50. The number of amidine groups is 1. The highest BCUT2D eigenvalue weighted by atomic mass is 32.2. The molecule has 0 fully saturated rings. The number of fused-ring (bicyclic) bond motifs is 1. The maximum Gasteiger partial charge on any atom is 0.203 e. The maximum atomic E-state index is 5.69. The van der Waals surface area contributed by atoms with E-state index in [4.69, 9.17) is 38.5 Å². The van der Waals surface area contributed by atoms with Crippen LogP contribution in [-0.4, -0.2) is 57.9 Å². The Labute approximate surface area is 233 Å². The standard InChI is InChI=1S/C29H33N3O6S/c1-16-31-32-26(19-14-23(35-4)28(38-7)24(15-19)36-5)20-10-8-9-18(25(20)30-29(32)39-16)11-17-12-21(33-2)27(37-6)22(13-17)34-3/h11-15,26H,8-10H2,1-7H3/b18-11+. The summed E-state index contributed by atoms with van der Waals surface area (Å²) in [5.41, 5.74) is 5.30. The van der Waals surface area contributed by atoms with Gasteiger partial charge >= 0.3 is 0 Å². The summed E-state index contributed by atoms with van der Waals surface area (Å²) in [6.07, 6.45) is 4.96. The topological polar surface area (TPSA) is 83.3 Å². The van der Waals surface area contributed by atoms with Crippen LogP contribution in [0.15, 0.2) is 51.2 Å². The van der Waals surface area contributed by atoms with Gasteiger partial charge in [-0.25, -0.2) is 10.0 Å². The normalized spacial score (nSPS) is 19.2. The largest absolute Gasteiger partial charge is 0.493 e. The number of hydrogen-bond donors (Lipinski definition) is 0. The zero-order chi connectivity index (χ0) is 27.7. The van der Waals surface area contributed by atoms with E-state index < -0.39 is 0 Å². The van der Waals surface area contributed by atoms with E-state index in [9.17, 15) is 0 Å². The molecule has 0 aromatic heterocycles. The second-order valence-corrected chi connectivity index (χ2v) is 10.3. The molecule has 1 aliphatic carbocycles. The Morgan fingerprint density at radius 2 is 1.36 bits per heavy atom. The second kappa shape index (κ2) is 11.1. The number of thioether (sulfide) groups is 1. The number of hydrogen-bond acceptors (Lipinski definition) is 10. The molecule has 2 aromatic carbocycles. The highest BCUT2D eigenvalue weighted by molar-refractivity contribution is 8.26. The van der Waals surface area contributed by atoms with Crippen LogP contribution in [-0.2, 0) is 0 Å². The Bertz CT molecular complexity index is 1360. The number of ether oxygens (including phenoxy) is 6. The summed E-state index contributed by atoms with van der Waals surface area (Å²) < 4.78 is 33.6. The van der Waals surface area contributed by atoms with Crippen molar-refractivity contribution in [2.75, 3.05) is 42.7 Å². The number of hydrazone groups is 1. The van der Waals surface area contributed by atoms with E-state index in [1.165, 1.54) is 5.57 Å². The summed E-state index contributed by atoms with van der Waals surface area (Å²) in [4.78, 5) is 5.14. The van der Waals surface area contributed by atoms with Gasteiger partial charge in [-0.15, -0.1) is 0 Å². The van der Waals surface area contributed by atoms with Gasteiger partial charge in [-0.05, 0) is 90.6 Å². The molecule has 206 valence electrons. The minimum absolute atomic E-state index is 0.158. The van der Waals surface area contributed by atoms with Gasteiger partial charge in [0.15, 0.2) is 28.2 Å². The van der Waals surface area contributed by atoms with Gasteiger partial charge in [-0.3, -0.25) is 0 Å². The smallest absolute Gasteiger partial charge is 0.203 e. The minimum atomic E-state index is -0.158. The minimum Gasteiger partial charge on any atom is -0.493 e. The average Bonchev–Trinajstić information content (AvgIpc) is 3.34. The third-order valence-corrected chi connectivity index (χ3v) is 7.83. The van der Waals surface area contributed by atoms with E-state index in [0.717, 1.165) is 51.9 Å². The molecule has 0 amide bonds. The number of allylic oxidation sites excluding steroid dienone is 1. The third-order valence-electron chi connectivity index (χ3n) is 7.00. The zero-order valence-corrected chi connectivity index (χ0v) is 24.1. The van der Waals surface area contributed by atoms with Crippen molar-refractivity contribution in [3.05, 3.63) is 52.2 Å². The SMILES string of the molecule is COc1cc(/C=C2\CCCC3=C2N=C2SC(C)=NN2C3c2cc(OC)c(OC)c(OC)c2)cc(OC)c1OC. The van der Waals surface area contributed by atoms with Crippen LogP contribution in [0.3, 0.4) is 0 Å². The second-order valence-electron chi connectivity index (χ2n) is 9.18. The molecule has 1 unspecified atom stereocenters. The predicted octanol–water partition coefficient (Wildman–Crippen LogP) is 6.05. The van der Waals surface area contributed by atoms with Crippen molar-refractivity contribution in [1.82, 2.24) is 5.01 Å². The highest BCUT2D eigenvalue weighted by Gasteiger charge is 2.39. The molecule has 1 atom stereocenters. The Morgan fingerprint density at radius 1 is 0.795 bits per heavy atom. The van der Waals surface area contributed by atoms with Gasteiger partial charge < -0.3 is 28.4 Å². The molecule has 0 radical (unpaired) electrons. The third kappa shape index (κ3) is 4.78. The summed E-state index contributed by atoms with van der Waals surface area (Å²) in [5, 5.41) is 8.67. The van der Waals surface area contributed by atoms with E-state index in [-0.39, 0.29) is 6.04 Å². The molecule has 0 spiro atoms. The lowest BCUT2D eigenvalue weighted by Gasteiger charge is -2.36. The van der Waals surface area contributed by atoms with Gasteiger partial charge in [-0.1, -0.05) is 0 Å². The fraction of sp³-hybridized carbons (Fsp3) is 0.379. The van der Waals surface area contributed by atoms with Crippen LogP contribution in [0.2, 0.25) is 0 Å². The fourth-order valence-corrected chi connectivity index (χ4v) is 6.10. The number of aliphatic imine (C=N–C) groups is 1. The zero-order valence-electron chi connectivity index (χ0n) is 23.3. The van der Waals surface area contributed by atoms with Gasteiger partial charge in [-0.2, -0.15) is 5.10 Å². The Hall–Kier alpha value is -3.79. The van der Waals surface area contributed by atoms with Crippen molar-refractivity contribution in [2.24, 2.45) is 10.1 Å². The van der Waals surface area contributed by atoms with Crippen LogP contribution in [0, 0.1) is 0 Å². The van der Waals surface area contributed by atoms with E-state index in [1.807, 2.05) is 36.2 Å². The summed E-state index contributed by atoms with van der Waals surface area (Å²) in [6, 6.07) is 7.77. The first-order valence-electron chi connectivity index (χ1n) is 12.6. The fourth-order valence-electron chi connectivity index (χ4n) is 5.33. The summed E-state index contributed by atoms with van der Waals surface area (Å²) >= 11 is 1.58. The van der Waals surface area contributed by atoms with E-state index in [2.05, 4.69) is 6.08 Å². The summed E-state index contributed by atoms with van der Waals surface area (Å²) in [6.45, 7) is 2.00. The van der Waals surface area contributed by atoms with Gasteiger partial charge in [0.25, 0.3) is 0 Å². The van der Waals surface area contributed by atoms with Crippen molar-refractivity contribution in [2.45, 2.75) is 32.2 Å². The quantitative estimate of drug-likeness (QED) is 0.392. The van der Waals surface area contributed by atoms with Crippen LogP contribution < -0.4 is 28.4 Å². The Kier molecular flexibility index (Phi) is 7.65. The molecular formula is C29H33N3O6S. The lowest BCUT2D eigenvalue weighted by molar-refractivity contribution is 0.318. The van der Waals surface area contributed by atoms with Gasteiger partial charge in [0, 0.05) is 0 Å². The van der Waals surface area contributed by atoms with Crippen molar-refractivity contribution >= 4 is 28.0 Å². The molecule has 2 aromatic rings. The van der Waals surface area contributed by atoms with Crippen molar-refractivity contribution in [3.63, 3.8) is 0 Å². The number of methoxy groups -OCH3 is 6. The monoisotopic (exact) mass is 551 g/mol. The first kappa shape index (κ1) is 26.8. The van der Waals surface area contributed by atoms with E-state index in [1.54, 1.807) is 54.4 Å². The Morgan fingerprint density at radius 3 is 1.90 bits per heavy atom. The molecule has 2 aliphatic heterocycles. The van der Waals surface area contributed by atoms with Crippen LogP contribution >= 0.6 is 11.8 Å². The van der Waals surface area contributed by atoms with Crippen molar-refractivity contribution in [3.8, 4) is 34.5 Å². The molecule has 3 aliphatic rings. The molecule has 2 heterocycles. The summed E-state index contributed by atoms with van der Waals surface area (Å²) in [7, 11) is 9.72. The molecule has 0 saturated carbocycles. The first-order chi connectivity index (χ1) is 19.0. The van der Waals surface area contributed by atoms with Crippen LogP contribution in [0.1, 0.15) is 43.4 Å².